The van der Waals surface area contributed by atoms with E-state index in [-0.39, 0.29) is 17.6 Å². The van der Waals surface area contributed by atoms with Crippen molar-refractivity contribution in [1.29, 1.82) is 0 Å². The molecule has 3 aliphatic rings. The van der Waals surface area contributed by atoms with Gasteiger partial charge in [-0.05, 0) is 44.6 Å². The monoisotopic (exact) mass is 333 g/mol. The number of rotatable bonds is 4. The van der Waals surface area contributed by atoms with E-state index in [9.17, 15) is 4.79 Å². The van der Waals surface area contributed by atoms with Crippen LogP contribution in [-0.4, -0.2) is 48.8 Å². The van der Waals surface area contributed by atoms with Gasteiger partial charge in [-0.1, -0.05) is 6.42 Å². The van der Waals surface area contributed by atoms with Crippen LogP contribution in [0, 0.1) is 12.8 Å². The SMILES string of the molecule is Cc1occc1C(=O)N1CCC2(CC1)C[C@@H](OCC1CCC1)CO2. The summed E-state index contributed by atoms with van der Waals surface area (Å²) in [5, 5.41) is 0. The molecular formula is C19H27NO4. The van der Waals surface area contributed by atoms with Crippen molar-refractivity contribution in [3.8, 4) is 0 Å². The van der Waals surface area contributed by atoms with Crippen LogP contribution in [0.4, 0.5) is 0 Å². The molecule has 2 aliphatic heterocycles. The zero-order valence-electron chi connectivity index (χ0n) is 14.5. The highest BCUT2D eigenvalue weighted by molar-refractivity contribution is 5.95. The van der Waals surface area contributed by atoms with Crippen molar-refractivity contribution in [2.24, 2.45) is 5.92 Å². The van der Waals surface area contributed by atoms with Gasteiger partial charge in [0, 0.05) is 26.1 Å². The van der Waals surface area contributed by atoms with Gasteiger partial charge in [-0.2, -0.15) is 0 Å². The van der Waals surface area contributed by atoms with Crippen LogP contribution in [0.1, 0.15) is 54.6 Å². The lowest BCUT2D eigenvalue weighted by atomic mass is 9.86. The van der Waals surface area contributed by atoms with Gasteiger partial charge in [0.15, 0.2) is 0 Å². The fraction of sp³-hybridized carbons (Fsp3) is 0.737. The molecule has 1 aromatic heterocycles. The molecule has 2 saturated heterocycles. The largest absolute Gasteiger partial charge is 0.469 e. The summed E-state index contributed by atoms with van der Waals surface area (Å²) in [6.45, 7) is 4.94. The highest BCUT2D eigenvalue weighted by Crippen LogP contribution is 2.38. The van der Waals surface area contributed by atoms with Gasteiger partial charge < -0.3 is 18.8 Å². The van der Waals surface area contributed by atoms with Crippen LogP contribution in [0.25, 0.3) is 0 Å². The Bertz CT molecular complexity index is 584. The summed E-state index contributed by atoms with van der Waals surface area (Å²) >= 11 is 0. The number of hydrogen-bond acceptors (Lipinski definition) is 4. The van der Waals surface area contributed by atoms with Crippen molar-refractivity contribution >= 4 is 5.91 Å². The van der Waals surface area contributed by atoms with Crippen LogP contribution in [0.2, 0.25) is 0 Å². The summed E-state index contributed by atoms with van der Waals surface area (Å²) in [7, 11) is 0. The minimum atomic E-state index is -0.0769. The number of furan rings is 1. The molecular weight excluding hydrogens is 306 g/mol. The highest BCUT2D eigenvalue weighted by Gasteiger charge is 2.44. The number of aryl methyl sites for hydroxylation is 1. The Labute approximate surface area is 143 Å². The quantitative estimate of drug-likeness (QED) is 0.849. The zero-order chi connectivity index (χ0) is 16.6. The predicted molar refractivity (Wildman–Crippen MR) is 89.0 cm³/mol. The molecule has 1 atom stereocenters. The van der Waals surface area contributed by atoms with E-state index in [2.05, 4.69) is 0 Å². The zero-order valence-corrected chi connectivity index (χ0v) is 14.5. The van der Waals surface area contributed by atoms with Crippen molar-refractivity contribution < 1.29 is 18.7 Å². The number of amides is 1. The summed E-state index contributed by atoms with van der Waals surface area (Å²) in [4.78, 5) is 14.5. The molecule has 1 aromatic rings. The first-order chi connectivity index (χ1) is 11.7. The van der Waals surface area contributed by atoms with E-state index >= 15 is 0 Å². The van der Waals surface area contributed by atoms with Gasteiger partial charge in [0.05, 0.1) is 30.1 Å². The van der Waals surface area contributed by atoms with E-state index in [0.29, 0.717) is 17.9 Å². The molecule has 1 aliphatic carbocycles. The molecule has 0 unspecified atom stereocenters. The summed E-state index contributed by atoms with van der Waals surface area (Å²) in [6.07, 6.45) is 8.61. The molecule has 0 radical (unpaired) electrons. The van der Waals surface area contributed by atoms with E-state index in [1.54, 1.807) is 12.3 Å². The molecule has 1 spiro atoms. The Kier molecular flexibility index (Phi) is 4.39. The smallest absolute Gasteiger partial charge is 0.257 e. The van der Waals surface area contributed by atoms with Crippen molar-refractivity contribution in [2.45, 2.75) is 57.2 Å². The number of ether oxygens (including phenoxy) is 2. The number of piperidine rings is 1. The lowest BCUT2D eigenvalue weighted by Gasteiger charge is -2.38. The second kappa shape index (κ2) is 6.52. The predicted octanol–water partition coefficient (Wildman–Crippen LogP) is 3.17. The topological polar surface area (TPSA) is 51.9 Å². The molecule has 5 heteroatoms. The minimum absolute atomic E-state index is 0.0758. The first-order valence-corrected chi connectivity index (χ1v) is 9.24. The van der Waals surface area contributed by atoms with Gasteiger partial charge in [0.25, 0.3) is 5.91 Å². The first-order valence-electron chi connectivity index (χ1n) is 9.24. The maximum absolute atomic E-state index is 12.6. The third-order valence-corrected chi connectivity index (χ3v) is 6.02. The van der Waals surface area contributed by atoms with E-state index in [0.717, 1.165) is 44.9 Å². The molecule has 3 fully saturated rings. The molecule has 132 valence electrons. The second-order valence-corrected chi connectivity index (χ2v) is 7.63. The number of hydrogen-bond donors (Lipinski definition) is 0. The van der Waals surface area contributed by atoms with Crippen molar-refractivity contribution in [1.82, 2.24) is 4.90 Å². The molecule has 0 bridgehead atoms. The van der Waals surface area contributed by atoms with Crippen molar-refractivity contribution in [3.63, 3.8) is 0 Å². The molecule has 1 saturated carbocycles. The van der Waals surface area contributed by atoms with E-state index in [4.69, 9.17) is 13.9 Å². The molecule has 0 aromatic carbocycles. The van der Waals surface area contributed by atoms with Crippen LogP contribution in [0.5, 0.6) is 0 Å². The maximum atomic E-state index is 12.6. The van der Waals surface area contributed by atoms with Crippen LogP contribution in [0.15, 0.2) is 16.7 Å². The van der Waals surface area contributed by atoms with E-state index in [1.165, 1.54) is 19.3 Å². The van der Waals surface area contributed by atoms with Gasteiger partial charge in [0.1, 0.15) is 5.76 Å². The fourth-order valence-corrected chi connectivity index (χ4v) is 4.08. The number of carbonyl (C=O) groups is 1. The number of nitrogens with zero attached hydrogens (tertiary/aromatic N) is 1. The lowest BCUT2D eigenvalue weighted by molar-refractivity contribution is -0.0420. The average molecular weight is 333 g/mol. The number of carbonyl (C=O) groups excluding carboxylic acids is 1. The highest BCUT2D eigenvalue weighted by atomic mass is 16.6. The van der Waals surface area contributed by atoms with Gasteiger partial charge >= 0.3 is 0 Å². The van der Waals surface area contributed by atoms with Gasteiger partial charge in [-0.3, -0.25) is 4.79 Å². The number of likely N-dealkylation sites (tertiary alicyclic amines) is 1. The molecule has 5 nitrogen and oxygen atoms in total. The Morgan fingerprint density at radius 1 is 1.38 bits per heavy atom. The standard InChI is InChI=1S/C19H27NO4/c1-14-17(5-10-22-14)18(21)20-8-6-19(7-9-20)11-16(13-24-19)23-12-15-3-2-4-15/h5,10,15-16H,2-4,6-9,11-13H2,1H3/t16-/m1/s1. The summed E-state index contributed by atoms with van der Waals surface area (Å²) < 4.78 is 17.5. The average Bonchev–Trinajstić information content (AvgIpc) is 3.13. The van der Waals surface area contributed by atoms with Crippen LogP contribution in [-0.2, 0) is 9.47 Å². The molecule has 4 rings (SSSR count). The van der Waals surface area contributed by atoms with Crippen LogP contribution >= 0.6 is 0 Å². The molecule has 3 heterocycles. The summed E-state index contributed by atoms with van der Waals surface area (Å²) in [5.74, 6) is 1.55. The first kappa shape index (κ1) is 16.2. The van der Waals surface area contributed by atoms with Gasteiger partial charge in [0.2, 0.25) is 0 Å². The fourth-order valence-electron chi connectivity index (χ4n) is 4.08. The Morgan fingerprint density at radius 2 is 2.17 bits per heavy atom. The normalized spacial score (nSPS) is 26.7. The molecule has 24 heavy (non-hydrogen) atoms. The third kappa shape index (κ3) is 3.11. The van der Waals surface area contributed by atoms with Crippen molar-refractivity contribution in [2.75, 3.05) is 26.3 Å². The minimum Gasteiger partial charge on any atom is -0.469 e. The van der Waals surface area contributed by atoms with E-state index < -0.39 is 0 Å². The Balaban J connectivity index is 1.28. The summed E-state index contributed by atoms with van der Waals surface area (Å²) in [6, 6.07) is 1.76. The third-order valence-electron chi connectivity index (χ3n) is 6.02. The van der Waals surface area contributed by atoms with Gasteiger partial charge in [-0.15, -0.1) is 0 Å². The molecule has 0 N–H and O–H groups in total. The lowest BCUT2D eigenvalue weighted by Crippen LogP contribution is -2.46. The van der Waals surface area contributed by atoms with Crippen LogP contribution < -0.4 is 0 Å². The summed E-state index contributed by atoms with van der Waals surface area (Å²) in [5.41, 5.74) is 0.604. The Hall–Kier alpha value is -1.33. The van der Waals surface area contributed by atoms with E-state index in [1.807, 2.05) is 11.8 Å². The Morgan fingerprint density at radius 3 is 2.79 bits per heavy atom. The van der Waals surface area contributed by atoms with Gasteiger partial charge in [-0.25, -0.2) is 0 Å². The second-order valence-electron chi connectivity index (χ2n) is 7.63. The maximum Gasteiger partial charge on any atom is 0.257 e. The van der Waals surface area contributed by atoms with Crippen LogP contribution in [0.3, 0.4) is 0 Å². The van der Waals surface area contributed by atoms with Crippen molar-refractivity contribution in [3.05, 3.63) is 23.7 Å². The molecule has 1 amide bonds.